The maximum atomic E-state index is 10.1. The molecule has 0 spiro atoms. The van der Waals surface area contributed by atoms with E-state index in [4.69, 9.17) is 20.4 Å². The van der Waals surface area contributed by atoms with Crippen molar-refractivity contribution in [1.82, 2.24) is 0 Å². The second-order valence-corrected chi connectivity index (χ2v) is 7.27. The molecule has 4 N–H and O–H groups in total. The SMILES string of the molecule is CC(C)O.CC(C)O.CC(C)O.CCCCCCCCC(=O)O.[Ti].[c-]1ccccc1. The van der Waals surface area contributed by atoms with Crippen molar-refractivity contribution in [1.29, 1.82) is 0 Å². The minimum absolute atomic E-state index is 0. The molecule has 0 amide bonds. The maximum Gasteiger partial charge on any atom is 0.303 e. The van der Waals surface area contributed by atoms with Crippen molar-refractivity contribution in [3.63, 3.8) is 0 Å². The van der Waals surface area contributed by atoms with Crippen LogP contribution in [-0.4, -0.2) is 44.7 Å². The zero-order chi connectivity index (χ0) is 23.5. The van der Waals surface area contributed by atoms with Gasteiger partial charge in [-0.05, 0) is 48.0 Å². The average molecular weight is 464 g/mol. The average Bonchev–Trinajstić information content (AvgIpc) is 2.58. The molecule has 0 radical (unpaired) electrons. The second kappa shape index (κ2) is 35.7. The van der Waals surface area contributed by atoms with E-state index in [0.29, 0.717) is 6.42 Å². The number of rotatable bonds is 7. The molecule has 0 heterocycles. The Bertz CT molecular complexity index is 335. The van der Waals surface area contributed by atoms with Crippen molar-refractivity contribution in [2.45, 2.75) is 112 Å². The topological polar surface area (TPSA) is 98.0 Å². The zero-order valence-electron chi connectivity index (χ0n) is 20.3. The van der Waals surface area contributed by atoms with Gasteiger partial charge in [0.15, 0.2) is 0 Å². The number of carboxylic acids is 1. The number of unbranched alkanes of at least 4 members (excludes halogenated alkanes) is 5. The summed E-state index contributed by atoms with van der Waals surface area (Å²) in [4.78, 5) is 10.1. The van der Waals surface area contributed by atoms with Gasteiger partial charge in [0.05, 0.1) is 0 Å². The maximum absolute atomic E-state index is 10.1. The standard InChI is InChI=1S/C9H18O2.C6H5.3C3H8O.Ti/c1-2-3-4-5-6-7-8-9(10)11;1-2-4-6-5-3-1;3*1-3(2)4;/h2-8H2,1H3,(H,10,11);1-5H;3*3-4H,1-2H3;/q;-1;;;;. The summed E-state index contributed by atoms with van der Waals surface area (Å²) >= 11 is 0. The molecule has 5 nitrogen and oxygen atoms in total. The Hall–Kier alpha value is -0.716. The number of hydrogen-bond donors (Lipinski definition) is 4. The van der Waals surface area contributed by atoms with E-state index < -0.39 is 5.97 Å². The molecule has 1 rings (SSSR count). The molecular formula is C24H47O5Ti-. The summed E-state index contributed by atoms with van der Waals surface area (Å²) in [5.41, 5.74) is 0. The van der Waals surface area contributed by atoms with Gasteiger partial charge in [0, 0.05) is 46.5 Å². The third-order valence-corrected chi connectivity index (χ3v) is 2.35. The predicted molar refractivity (Wildman–Crippen MR) is 123 cm³/mol. The number of benzene rings is 1. The molecule has 6 heteroatoms. The summed E-state index contributed by atoms with van der Waals surface area (Å²) in [5.74, 6) is -0.666. The molecule has 0 fully saturated rings. The van der Waals surface area contributed by atoms with Crippen molar-refractivity contribution in [2.75, 3.05) is 0 Å². The number of carboxylic acid groups (broad SMARTS) is 1. The number of carbonyl (C=O) groups is 1. The molecular weight excluding hydrogens is 416 g/mol. The summed E-state index contributed by atoms with van der Waals surface area (Å²) in [7, 11) is 0. The summed E-state index contributed by atoms with van der Waals surface area (Å²) in [6.45, 7) is 12.5. The predicted octanol–water partition coefficient (Wildman–Crippen LogP) is 5.47. The van der Waals surface area contributed by atoms with Crippen LogP contribution in [0.1, 0.15) is 93.4 Å². The molecule has 178 valence electrons. The van der Waals surface area contributed by atoms with E-state index in [1.807, 2.05) is 30.3 Å². The Labute approximate surface area is 200 Å². The summed E-state index contributed by atoms with van der Waals surface area (Å²) in [6, 6.07) is 12.5. The first-order chi connectivity index (χ1) is 13.5. The van der Waals surface area contributed by atoms with E-state index in [1.165, 1.54) is 25.7 Å². The summed E-state index contributed by atoms with van der Waals surface area (Å²) < 4.78 is 0. The van der Waals surface area contributed by atoms with Crippen molar-refractivity contribution in [2.24, 2.45) is 0 Å². The molecule has 1 aromatic carbocycles. The largest absolute Gasteiger partial charge is 0.481 e. The molecule has 0 atom stereocenters. The van der Waals surface area contributed by atoms with Crippen LogP contribution in [0.25, 0.3) is 0 Å². The Morgan fingerprint density at radius 3 is 1.30 bits per heavy atom. The Balaban J connectivity index is -0.0000000935. The van der Waals surface area contributed by atoms with Gasteiger partial charge in [0.25, 0.3) is 0 Å². The summed E-state index contributed by atoms with van der Waals surface area (Å²) in [6.07, 6.45) is 6.75. The van der Waals surface area contributed by atoms with Crippen molar-refractivity contribution in [3.05, 3.63) is 36.4 Å². The van der Waals surface area contributed by atoms with E-state index in [0.717, 1.165) is 12.8 Å². The van der Waals surface area contributed by atoms with E-state index in [1.54, 1.807) is 41.5 Å². The van der Waals surface area contributed by atoms with Gasteiger partial charge in [-0.15, -0.1) is 0 Å². The van der Waals surface area contributed by atoms with Crippen LogP contribution in [0.15, 0.2) is 30.3 Å². The molecule has 0 aliphatic carbocycles. The minimum atomic E-state index is -0.666. The number of aliphatic hydroxyl groups is 3. The number of aliphatic carboxylic acids is 1. The van der Waals surface area contributed by atoms with Gasteiger partial charge in [0.1, 0.15) is 0 Å². The Kier molecular flexibility index (Phi) is 47.3. The first-order valence-electron chi connectivity index (χ1n) is 10.6. The van der Waals surface area contributed by atoms with Crippen LogP contribution in [0, 0.1) is 6.07 Å². The second-order valence-electron chi connectivity index (χ2n) is 7.27. The van der Waals surface area contributed by atoms with Crippen LogP contribution < -0.4 is 0 Å². The molecule has 0 aliphatic rings. The van der Waals surface area contributed by atoms with Crippen molar-refractivity contribution >= 4 is 5.97 Å². The van der Waals surface area contributed by atoms with Crippen LogP contribution in [0.5, 0.6) is 0 Å². The van der Waals surface area contributed by atoms with Gasteiger partial charge in [-0.2, -0.15) is 36.4 Å². The molecule has 0 aliphatic heterocycles. The third kappa shape index (κ3) is 107. The van der Waals surface area contributed by atoms with Gasteiger partial charge < -0.3 is 20.4 Å². The van der Waals surface area contributed by atoms with Gasteiger partial charge >= 0.3 is 5.97 Å². The molecule has 0 saturated carbocycles. The van der Waals surface area contributed by atoms with Gasteiger partial charge in [-0.1, -0.05) is 39.0 Å². The fraction of sp³-hybridized carbons (Fsp3) is 0.708. The molecule has 0 saturated heterocycles. The van der Waals surface area contributed by atoms with Crippen LogP contribution in [0.3, 0.4) is 0 Å². The zero-order valence-corrected chi connectivity index (χ0v) is 21.8. The smallest absolute Gasteiger partial charge is 0.303 e. The van der Waals surface area contributed by atoms with E-state index >= 15 is 0 Å². The molecule has 0 unspecified atom stereocenters. The fourth-order valence-corrected chi connectivity index (χ4v) is 1.40. The van der Waals surface area contributed by atoms with Gasteiger partial charge in [0.2, 0.25) is 0 Å². The monoisotopic (exact) mass is 463 g/mol. The quantitative estimate of drug-likeness (QED) is 0.244. The number of aliphatic hydroxyl groups excluding tert-OH is 3. The van der Waals surface area contributed by atoms with Crippen LogP contribution in [-0.2, 0) is 26.5 Å². The van der Waals surface area contributed by atoms with E-state index in [2.05, 4.69) is 13.0 Å². The van der Waals surface area contributed by atoms with Gasteiger partial charge in [-0.3, -0.25) is 4.79 Å². The molecule has 1 aromatic rings. The molecule has 30 heavy (non-hydrogen) atoms. The van der Waals surface area contributed by atoms with Crippen LogP contribution in [0.2, 0.25) is 0 Å². The molecule has 0 aromatic heterocycles. The van der Waals surface area contributed by atoms with Crippen molar-refractivity contribution < 1.29 is 46.9 Å². The number of hydrogen-bond acceptors (Lipinski definition) is 4. The van der Waals surface area contributed by atoms with E-state index in [9.17, 15) is 4.79 Å². The van der Waals surface area contributed by atoms with E-state index in [-0.39, 0.29) is 40.0 Å². The van der Waals surface area contributed by atoms with Crippen LogP contribution in [0.4, 0.5) is 0 Å². The fourth-order valence-electron chi connectivity index (χ4n) is 1.40. The third-order valence-electron chi connectivity index (χ3n) is 2.35. The van der Waals surface area contributed by atoms with Crippen LogP contribution >= 0.6 is 0 Å². The molecule has 0 bridgehead atoms. The summed E-state index contributed by atoms with van der Waals surface area (Å²) in [5, 5.41) is 32.5. The first-order valence-corrected chi connectivity index (χ1v) is 10.6. The first kappa shape index (κ1) is 39.7. The van der Waals surface area contributed by atoms with Gasteiger partial charge in [-0.25, -0.2) is 0 Å². The normalized spacial score (nSPS) is 8.83. The Morgan fingerprint density at radius 1 is 0.733 bits per heavy atom. The Morgan fingerprint density at radius 2 is 1.07 bits per heavy atom. The minimum Gasteiger partial charge on any atom is -0.481 e. The van der Waals surface area contributed by atoms with Crippen molar-refractivity contribution in [3.8, 4) is 0 Å².